The maximum Gasteiger partial charge on any atom is 0.408 e. The first kappa shape index (κ1) is 27.3. The number of hydrogen-bond acceptors (Lipinski definition) is 5. The number of benzene rings is 3. The predicted molar refractivity (Wildman–Crippen MR) is 161 cm³/mol. The zero-order chi connectivity index (χ0) is 29.1. The molecular weight excluding hydrogens is 516 g/mol. The van der Waals surface area contributed by atoms with Gasteiger partial charge in [0.25, 0.3) is 0 Å². The van der Waals surface area contributed by atoms with E-state index in [1.807, 2.05) is 79.7 Å². The third-order valence-corrected chi connectivity index (χ3v) is 7.17. The topological polar surface area (TPSA) is 182 Å². The average Bonchev–Trinajstić information content (AvgIpc) is 3.32. The number of carbonyl (C=O) groups is 1. The third kappa shape index (κ3) is 6.01. The van der Waals surface area contributed by atoms with Crippen LogP contribution in [0.3, 0.4) is 0 Å². The second-order valence-corrected chi connectivity index (χ2v) is 10.1. The normalized spacial score (nSPS) is 11.9. The molecule has 5 rings (SSSR count). The minimum absolute atomic E-state index is 0.0154. The monoisotopic (exact) mass is 548 g/mol. The second kappa shape index (κ2) is 11.5. The summed E-state index contributed by atoms with van der Waals surface area (Å²) in [4.78, 5) is 26.9. The number of fused-ring (bicyclic) bond motifs is 2. The predicted octanol–water partition coefficient (Wildman–Crippen LogP) is 4.88. The molecule has 10 nitrogen and oxygen atoms in total. The lowest BCUT2D eigenvalue weighted by atomic mass is 9.91. The Morgan fingerprint density at radius 1 is 0.976 bits per heavy atom. The van der Waals surface area contributed by atoms with Gasteiger partial charge in [-0.15, -0.1) is 0 Å². The summed E-state index contributed by atoms with van der Waals surface area (Å²) < 4.78 is 0. The number of aryl methyl sites for hydroxylation is 3. The molecular formula is C31H32N8O2. The first-order valence-electron chi connectivity index (χ1n) is 13.3. The van der Waals surface area contributed by atoms with Gasteiger partial charge in [-0.25, -0.2) is 9.78 Å². The number of imidazole rings is 1. The molecule has 2 aromatic heterocycles. The highest BCUT2D eigenvalue weighted by atomic mass is 16.4. The fourth-order valence-corrected chi connectivity index (χ4v) is 5.15. The van der Waals surface area contributed by atoms with Gasteiger partial charge in [0.05, 0.1) is 28.4 Å². The first-order chi connectivity index (χ1) is 19.7. The number of nitrogens with one attached hydrogen (secondary N) is 3. The lowest BCUT2D eigenvalue weighted by molar-refractivity contribution is 0.133. The lowest BCUT2D eigenvalue weighted by Crippen LogP contribution is -2.37. The van der Waals surface area contributed by atoms with E-state index in [4.69, 9.17) is 27.3 Å². The zero-order valence-electron chi connectivity index (χ0n) is 22.7. The Morgan fingerprint density at radius 3 is 2.44 bits per heavy atom. The number of amides is 1. The van der Waals surface area contributed by atoms with Gasteiger partial charge in [0, 0.05) is 35.2 Å². The molecule has 0 spiro atoms. The molecule has 208 valence electrons. The van der Waals surface area contributed by atoms with Crippen LogP contribution in [0, 0.1) is 17.7 Å². The fourth-order valence-electron chi connectivity index (χ4n) is 5.15. The maximum absolute atomic E-state index is 12.8. The Bertz CT molecular complexity index is 1760. The number of nitrogens with zero attached hydrogens (tertiary/aromatic N) is 3. The molecule has 10 heteroatoms. The van der Waals surface area contributed by atoms with E-state index in [1.54, 1.807) is 0 Å². The molecule has 0 aliphatic carbocycles. The van der Waals surface area contributed by atoms with Gasteiger partial charge < -0.3 is 21.6 Å². The van der Waals surface area contributed by atoms with E-state index in [0.29, 0.717) is 18.4 Å². The van der Waals surface area contributed by atoms with Gasteiger partial charge in [-0.05, 0) is 55.2 Å². The number of H-pyrrole nitrogens is 1. The molecule has 1 amide bonds. The number of aromatic amines is 1. The van der Waals surface area contributed by atoms with Crippen molar-refractivity contribution in [3.05, 3.63) is 107 Å². The summed E-state index contributed by atoms with van der Waals surface area (Å²) in [5.41, 5.74) is 17.7. The van der Waals surface area contributed by atoms with E-state index in [0.717, 1.165) is 50.1 Å². The number of carboxylic acid groups (broad SMARTS) is 1. The standard InChI is InChI=1S/C31H32N8O2/c1-18-36-26-13-11-22(17-27(26)37-18)29(39(31(40)41)15-14-28(32)33)23-16-21-4-2-3-5-24(21)38-25(23)12-8-19-6-9-20(10-7-19)30(34)35/h2-7,9-11,13,16-17,29H,8,12,14-15H2,1H3,(H3,32,33)(H3,34,35)(H,36,37)(H,40,41). The summed E-state index contributed by atoms with van der Waals surface area (Å²) >= 11 is 0. The van der Waals surface area contributed by atoms with Crippen molar-refractivity contribution in [1.29, 1.82) is 10.8 Å². The third-order valence-electron chi connectivity index (χ3n) is 7.17. The Hall–Kier alpha value is -5.25. The highest BCUT2D eigenvalue weighted by Crippen LogP contribution is 2.35. The molecule has 1 atom stereocenters. The molecule has 3 aromatic carbocycles. The van der Waals surface area contributed by atoms with E-state index >= 15 is 0 Å². The van der Waals surface area contributed by atoms with Crippen LogP contribution in [-0.4, -0.2) is 49.3 Å². The zero-order valence-corrected chi connectivity index (χ0v) is 22.7. The summed E-state index contributed by atoms with van der Waals surface area (Å²) in [7, 11) is 0. The number of amidine groups is 2. The van der Waals surface area contributed by atoms with Crippen LogP contribution in [0.15, 0.2) is 72.8 Å². The highest BCUT2D eigenvalue weighted by molar-refractivity contribution is 5.94. The molecule has 8 N–H and O–H groups in total. The molecule has 0 bridgehead atoms. The molecule has 0 aliphatic heterocycles. The van der Waals surface area contributed by atoms with Crippen molar-refractivity contribution >= 4 is 39.7 Å². The fraction of sp³-hybridized carbons (Fsp3) is 0.194. The minimum Gasteiger partial charge on any atom is -0.465 e. The SMILES string of the molecule is Cc1nc2ccc(C(c3cc4ccccc4nc3CCc3ccc(C(=N)N)cc3)N(CCC(=N)N)C(=O)O)cc2[nH]1. The first-order valence-corrected chi connectivity index (χ1v) is 13.3. The number of nitrogen functional groups attached to an aromatic ring is 1. The molecule has 1 unspecified atom stereocenters. The Kier molecular flexibility index (Phi) is 7.64. The van der Waals surface area contributed by atoms with Crippen molar-refractivity contribution in [2.75, 3.05) is 6.54 Å². The van der Waals surface area contributed by atoms with E-state index in [2.05, 4.69) is 9.97 Å². The van der Waals surface area contributed by atoms with Crippen molar-refractivity contribution < 1.29 is 9.90 Å². The van der Waals surface area contributed by atoms with Crippen LogP contribution < -0.4 is 11.5 Å². The minimum atomic E-state index is -1.11. The van der Waals surface area contributed by atoms with Crippen LogP contribution in [-0.2, 0) is 12.8 Å². The molecule has 0 fully saturated rings. The summed E-state index contributed by atoms with van der Waals surface area (Å²) in [5.74, 6) is 0.700. The molecule has 0 aliphatic rings. The van der Waals surface area contributed by atoms with Crippen LogP contribution in [0.1, 0.15) is 46.2 Å². The van der Waals surface area contributed by atoms with Crippen molar-refractivity contribution in [1.82, 2.24) is 19.9 Å². The largest absolute Gasteiger partial charge is 0.465 e. The lowest BCUT2D eigenvalue weighted by Gasteiger charge is -2.31. The number of pyridine rings is 1. The van der Waals surface area contributed by atoms with Gasteiger partial charge in [-0.3, -0.25) is 20.7 Å². The van der Waals surface area contributed by atoms with Gasteiger partial charge in [-0.2, -0.15) is 0 Å². The summed E-state index contributed by atoms with van der Waals surface area (Å²) in [5, 5.41) is 26.7. The van der Waals surface area contributed by atoms with E-state index in [-0.39, 0.29) is 24.6 Å². The van der Waals surface area contributed by atoms with Crippen LogP contribution in [0.5, 0.6) is 0 Å². The summed E-state index contributed by atoms with van der Waals surface area (Å²) in [6.07, 6.45) is 0.202. The van der Waals surface area contributed by atoms with E-state index in [9.17, 15) is 9.90 Å². The smallest absolute Gasteiger partial charge is 0.408 e. The average molecular weight is 549 g/mol. The maximum atomic E-state index is 12.8. The number of para-hydroxylation sites is 1. The van der Waals surface area contributed by atoms with Crippen molar-refractivity contribution in [2.24, 2.45) is 11.5 Å². The van der Waals surface area contributed by atoms with Crippen molar-refractivity contribution in [3.8, 4) is 0 Å². The number of aromatic nitrogens is 3. The molecule has 0 radical (unpaired) electrons. The number of rotatable bonds is 10. The number of nitrogens with two attached hydrogens (primary N) is 2. The van der Waals surface area contributed by atoms with Gasteiger partial charge in [0.15, 0.2) is 0 Å². The van der Waals surface area contributed by atoms with E-state index in [1.165, 1.54) is 4.90 Å². The molecule has 41 heavy (non-hydrogen) atoms. The van der Waals surface area contributed by atoms with Crippen LogP contribution in [0.4, 0.5) is 4.79 Å². The van der Waals surface area contributed by atoms with Crippen LogP contribution >= 0.6 is 0 Å². The van der Waals surface area contributed by atoms with Gasteiger partial charge in [0.2, 0.25) is 0 Å². The Balaban J connectivity index is 1.64. The molecule has 0 saturated heterocycles. The highest BCUT2D eigenvalue weighted by Gasteiger charge is 2.30. The second-order valence-electron chi connectivity index (χ2n) is 10.1. The van der Waals surface area contributed by atoms with Crippen molar-refractivity contribution in [2.45, 2.75) is 32.2 Å². The van der Waals surface area contributed by atoms with Crippen LogP contribution in [0.25, 0.3) is 21.9 Å². The number of hydrogen-bond donors (Lipinski definition) is 6. The summed E-state index contributed by atoms with van der Waals surface area (Å²) in [6, 6.07) is 22.4. The van der Waals surface area contributed by atoms with Gasteiger partial charge in [0.1, 0.15) is 11.7 Å². The van der Waals surface area contributed by atoms with Crippen LogP contribution in [0.2, 0.25) is 0 Å². The Labute approximate surface area is 237 Å². The van der Waals surface area contributed by atoms with Gasteiger partial charge in [-0.1, -0.05) is 48.5 Å². The molecule has 0 saturated carbocycles. The molecule has 5 aromatic rings. The quantitative estimate of drug-likeness (QED) is 0.107. The molecule has 2 heterocycles. The summed E-state index contributed by atoms with van der Waals surface area (Å²) in [6.45, 7) is 1.93. The van der Waals surface area contributed by atoms with Crippen molar-refractivity contribution in [3.63, 3.8) is 0 Å². The van der Waals surface area contributed by atoms with Gasteiger partial charge >= 0.3 is 6.09 Å². The van der Waals surface area contributed by atoms with E-state index < -0.39 is 12.1 Å². The Morgan fingerprint density at radius 2 is 1.73 bits per heavy atom.